The second kappa shape index (κ2) is 10.9. The Kier molecular flexibility index (Phi) is 7.94. The monoisotopic (exact) mass is 455 g/mol. The van der Waals surface area contributed by atoms with E-state index in [0.717, 1.165) is 24.8 Å². The standard InChI is InChI=1S/C26H24F3NO3/c1-2-33-24(31)18-30(25(32)26(27,28)29)23-11-7-6-10-22(23)17-14-19-12-15-21(16-13-19)20-8-4-3-5-9-20/h3-12,21H,2,13,15-16,18H2,1H3. The van der Waals surface area contributed by atoms with Gasteiger partial charge in [0.25, 0.3) is 0 Å². The number of amides is 1. The van der Waals surface area contributed by atoms with Gasteiger partial charge >= 0.3 is 18.1 Å². The van der Waals surface area contributed by atoms with Crippen molar-refractivity contribution in [1.82, 2.24) is 0 Å². The van der Waals surface area contributed by atoms with Crippen LogP contribution in [0, 0.1) is 11.8 Å². The maximum Gasteiger partial charge on any atom is 0.471 e. The fourth-order valence-corrected chi connectivity index (χ4v) is 3.69. The third kappa shape index (κ3) is 6.48. The van der Waals surface area contributed by atoms with Crippen LogP contribution in [0.2, 0.25) is 0 Å². The molecule has 1 aliphatic carbocycles. The molecule has 0 aliphatic heterocycles. The molecule has 0 radical (unpaired) electrons. The molecule has 1 aliphatic rings. The first kappa shape index (κ1) is 24.1. The van der Waals surface area contributed by atoms with Crippen molar-refractivity contribution >= 4 is 17.6 Å². The predicted octanol–water partition coefficient (Wildman–Crippen LogP) is 5.39. The van der Waals surface area contributed by atoms with Gasteiger partial charge in [0.15, 0.2) is 0 Å². The van der Waals surface area contributed by atoms with E-state index in [-0.39, 0.29) is 17.9 Å². The van der Waals surface area contributed by atoms with Gasteiger partial charge in [-0.05, 0) is 55.4 Å². The van der Waals surface area contributed by atoms with E-state index < -0.39 is 24.6 Å². The Bertz CT molecular complexity index is 1080. The molecule has 33 heavy (non-hydrogen) atoms. The predicted molar refractivity (Wildman–Crippen MR) is 119 cm³/mol. The van der Waals surface area contributed by atoms with Crippen LogP contribution in [0.5, 0.6) is 0 Å². The number of para-hydroxylation sites is 1. The minimum absolute atomic E-state index is 0.00748. The number of anilines is 1. The lowest BCUT2D eigenvalue weighted by Crippen LogP contribution is -2.44. The molecular formula is C26H24F3NO3. The molecule has 0 heterocycles. The maximum atomic E-state index is 13.2. The van der Waals surface area contributed by atoms with Gasteiger partial charge in [-0.25, -0.2) is 0 Å². The number of carbonyl (C=O) groups is 2. The molecule has 2 aromatic rings. The Morgan fingerprint density at radius 1 is 1.06 bits per heavy atom. The number of hydrogen-bond donors (Lipinski definition) is 0. The van der Waals surface area contributed by atoms with Crippen molar-refractivity contribution in [3.05, 3.63) is 77.4 Å². The highest BCUT2D eigenvalue weighted by Crippen LogP contribution is 2.32. The van der Waals surface area contributed by atoms with Crippen molar-refractivity contribution in [1.29, 1.82) is 0 Å². The van der Waals surface area contributed by atoms with Crippen molar-refractivity contribution in [3.63, 3.8) is 0 Å². The van der Waals surface area contributed by atoms with Crippen LogP contribution in [0.1, 0.15) is 43.2 Å². The molecule has 0 fully saturated rings. The summed E-state index contributed by atoms with van der Waals surface area (Å²) in [4.78, 5) is 24.3. The molecule has 0 bridgehead atoms. The van der Waals surface area contributed by atoms with Gasteiger partial charge in [-0.15, -0.1) is 0 Å². The minimum Gasteiger partial charge on any atom is -0.465 e. The van der Waals surface area contributed by atoms with E-state index in [9.17, 15) is 22.8 Å². The molecule has 172 valence electrons. The highest BCUT2D eigenvalue weighted by atomic mass is 19.4. The first-order valence-corrected chi connectivity index (χ1v) is 10.7. The summed E-state index contributed by atoms with van der Waals surface area (Å²) in [5.41, 5.74) is 2.31. The summed E-state index contributed by atoms with van der Waals surface area (Å²) in [5.74, 6) is 3.27. The van der Waals surface area contributed by atoms with Crippen LogP contribution in [0.3, 0.4) is 0 Å². The Hall–Kier alpha value is -3.53. The number of allylic oxidation sites excluding steroid dienone is 2. The van der Waals surface area contributed by atoms with Crippen molar-refractivity contribution < 1.29 is 27.5 Å². The molecule has 0 aromatic heterocycles. The molecule has 0 saturated heterocycles. The van der Waals surface area contributed by atoms with Gasteiger partial charge in [0.2, 0.25) is 0 Å². The van der Waals surface area contributed by atoms with Crippen LogP contribution in [-0.4, -0.2) is 31.2 Å². The quantitative estimate of drug-likeness (QED) is 0.449. The number of carbonyl (C=O) groups excluding carboxylic acids is 2. The van der Waals surface area contributed by atoms with Crippen molar-refractivity contribution in [3.8, 4) is 11.8 Å². The van der Waals surface area contributed by atoms with Crippen LogP contribution in [0.15, 0.2) is 66.2 Å². The third-order valence-electron chi connectivity index (χ3n) is 5.31. The Morgan fingerprint density at radius 2 is 1.76 bits per heavy atom. The van der Waals surface area contributed by atoms with Gasteiger partial charge in [0.1, 0.15) is 6.54 Å². The maximum absolute atomic E-state index is 13.2. The van der Waals surface area contributed by atoms with Crippen LogP contribution in [-0.2, 0) is 14.3 Å². The van der Waals surface area contributed by atoms with E-state index in [1.54, 1.807) is 6.07 Å². The smallest absolute Gasteiger partial charge is 0.465 e. The molecule has 0 saturated carbocycles. The van der Waals surface area contributed by atoms with Gasteiger partial charge in [0, 0.05) is 5.56 Å². The summed E-state index contributed by atoms with van der Waals surface area (Å²) in [6, 6.07) is 16.2. The lowest BCUT2D eigenvalue weighted by atomic mass is 9.85. The Morgan fingerprint density at radius 3 is 2.39 bits per heavy atom. The summed E-state index contributed by atoms with van der Waals surface area (Å²) in [6.45, 7) is 0.673. The number of esters is 1. The highest BCUT2D eigenvalue weighted by molar-refractivity contribution is 6.01. The van der Waals surface area contributed by atoms with Gasteiger partial charge < -0.3 is 4.74 Å². The zero-order chi connectivity index (χ0) is 23.8. The molecule has 4 nitrogen and oxygen atoms in total. The van der Waals surface area contributed by atoms with E-state index in [1.165, 1.54) is 30.7 Å². The number of halogens is 3. The van der Waals surface area contributed by atoms with E-state index in [2.05, 4.69) is 24.0 Å². The Balaban J connectivity index is 1.85. The lowest BCUT2D eigenvalue weighted by molar-refractivity contribution is -0.171. The number of hydrogen-bond acceptors (Lipinski definition) is 3. The average Bonchev–Trinajstić information content (AvgIpc) is 2.81. The first-order valence-electron chi connectivity index (χ1n) is 10.7. The topological polar surface area (TPSA) is 46.6 Å². The van der Waals surface area contributed by atoms with E-state index in [1.807, 2.05) is 24.3 Å². The molecular weight excluding hydrogens is 431 g/mol. The number of alkyl halides is 3. The van der Waals surface area contributed by atoms with Gasteiger partial charge in [-0.1, -0.05) is 60.4 Å². The normalized spacial score (nSPS) is 15.6. The van der Waals surface area contributed by atoms with Gasteiger partial charge in [0.05, 0.1) is 12.3 Å². The molecule has 3 rings (SSSR count). The first-order chi connectivity index (χ1) is 15.8. The SMILES string of the molecule is CCOC(=O)CN(C(=O)C(F)(F)F)c1ccccc1C#CC1=CCC(c2ccccc2)CC1. The number of ether oxygens (including phenoxy) is 1. The van der Waals surface area contributed by atoms with Crippen LogP contribution in [0.25, 0.3) is 0 Å². The molecule has 1 amide bonds. The molecule has 1 atom stereocenters. The van der Waals surface area contributed by atoms with Crippen LogP contribution < -0.4 is 4.90 Å². The fraction of sp³-hybridized carbons (Fsp3) is 0.308. The molecule has 1 unspecified atom stereocenters. The van der Waals surface area contributed by atoms with Crippen molar-refractivity contribution in [2.24, 2.45) is 0 Å². The third-order valence-corrected chi connectivity index (χ3v) is 5.31. The highest BCUT2D eigenvalue weighted by Gasteiger charge is 2.44. The number of nitrogens with zero attached hydrogens (tertiary/aromatic N) is 1. The summed E-state index contributed by atoms with van der Waals surface area (Å²) >= 11 is 0. The summed E-state index contributed by atoms with van der Waals surface area (Å²) in [7, 11) is 0. The Labute approximate surface area is 191 Å². The molecule has 2 aromatic carbocycles. The summed E-state index contributed by atoms with van der Waals surface area (Å²) in [5, 5.41) is 0. The lowest BCUT2D eigenvalue weighted by Gasteiger charge is -2.24. The summed E-state index contributed by atoms with van der Waals surface area (Å²) in [6.07, 6.45) is -0.590. The van der Waals surface area contributed by atoms with Crippen molar-refractivity contribution in [2.75, 3.05) is 18.1 Å². The van der Waals surface area contributed by atoms with E-state index in [4.69, 9.17) is 4.74 Å². The molecule has 0 N–H and O–H groups in total. The number of rotatable bonds is 5. The average molecular weight is 455 g/mol. The van der Waals surface area contributed by atoms with Crippen LogP contribution >= 0.6 is 0 Å². The zero-order valence-electron chi connectivity index (χ0n) is 18.2. The number of benzene rings is 2. The minimum atomic E-state index is -5.15. The van der Waals surface area contributed by atoms with E-state index in [0.29, 0.717) is 10.8 Å². The van der Waals surface area contributed by atoms with Gasteiger partial charge in [-0.2, -0.15) is 13.2 Å². The second-order valence-corrected chi connectivity index (χ2v) is 7.57. The summed E-state index contributed by atoms with van der Waals surface area (Å²) < 4.78 is 44.4. The molecule has 0 spiro atoms. The molecule has 7 heteroatoms. The zero-order valence-corrected chi connectivity index (χ0v) is 18.2. The largest absolute Gasteiger partial charge is 0.471 e. The van der Waals surface area contributed by atoms with Gasteiger partial charge in [-0.3, -0.25) is 14.5 Å². The second-order valence-electron chi connectivity index (χ2n) is 7.57. The fourth-order valence-electron chi connectivity index (χ4n) is 3.69. The van der Waals surface area contributed by atoms with Crippen molar-refractivity contribution in [2.45, 2.75) is 38.3 Å². The van der Waals surface area contributed by atoms with Crippen LogP contribution in [0.4, 0.5) is 18.9 Å². The van der Waals surface area contributed by atoms with E-state index >= 15 is 0 Å².